The highest BCUT2D eigenvalue weighted by Gasteiger charge is 2.20. The summed E-state index contributed by atoms with van der Waals surface area (Å²) in [5.41, 5.74) is 1.07. The van der Waals surface area contributed by atoms with Crippen LogP contribution >= 0.6 is 11.3 Å². The Morgan fingerprint density at radius 1 is 0.968 bits per heavy atom. The minimum Gasteiger partial charge on any atom is -0.449 e. The summed E-state index contributed by atoms with van der Waals surface area (Å²) in [5.74, 6) is -1.10. The van der Waals surface area contributed by atoms with Gasteiger partial charge < -0.3 is 15.0 Å². The van der Waals surface area contributed by atoms with Crippen LogP contribution in [0.5, 0.6) is 0 Å². The Morgan fingerprint density at radius 3 is 2.32 bits per heavy atom. The van der Waals surface area contributed by atoms with Gasteiger partial charge in [0.05, 0.1) is 12.2 Å². The summed E-state index contributed by atoms with van der Waals surface area (Å²) < 4.78 is 4.84. The molecule has 0 bridgehead atoms. The Labute approximate surface area is 184 Å². The van der Waals surface area contributed by atoms with Crippen molar-refractivity contribution in [3.8, 4) is 0 Å². The van der Waals surface area contributed by atoms with Crippen LogP contribution in [0.2, 0.25) is 0 Å². The number of hydrogen-bond donors (Lipinski definition) is 2. The minimum atomic E-state index is -0.829. The van der Waals surface area contributed by atoms with E-state index in [2.05, 4.69) is 10.6 Å². The SMILES string of the molecule is CCCOC(=O)NC(=O)c1ccsc1NC(=O)c1ccc(C(=O)N2CCCCC2)cc1. The number of rotatable bonds is 6. The normalized spacial score (nSPS) is 13.4. The van der Waals surface area contributed by atoms with Crippen LogP contribution in [0.15, 0.2) is 35.7 Å². The Balaban J connectivity index is 1.62. The molecule has 1 fully saturated rings. The van der Waals surface area contributed by atoms with Gasteiger partial charge in [-0.15, -0.1) is 11.3 Å². The first-order valence-electron chi connectivity index (χ1n) is 10.3. The van der Waals surface area contributed by atoms with E-state index in [-0.39, 0.29) is 18.1 Å². The molecule has 0 spiro atoms. The summed E-state index contributed by atoms with van der Waals surface area (Å²) in [5, 5.41) is 6.78. The molecule has 164 valence electrons. The Bertz CT molecular complexity index is 948. The summed E-state index contributed by atoms with van der Waals surface area (Å²) in [6.07, 6.45) is 2.98. The topological polar surface area (TPSA) is 105 Å². The van der Waals surface area contributed by atoms with Crippen LogP contribution in [0.3, 0.4) is 0 Å². The van der Waals surface area contributed by atoms with Crippen LogP contribution in [0, 0.1) is 0 Å². The third kappa shape index (κ3) is 5.91. The molecule has 0 unspecified atom stereocenters. The molecular formula is C22H25N3O5S. The summed E-state index contributed by atoms with van der Waals surface area (Å²) in [6, 6.07) is 7.96. The Hall–Kier alpha value is -3.20. The van der Waals surface area contributed by atoms with Crippen molar-refractivity contribution in [1.29, 1.82) is 0 Å². The highest BCUT2D eigenvalue weighted by Crippen LogP contribution is 2.24. The van der Waals surface area contributed by atoms with E-state index >= 15 is 0 Å². The number of anilines is 1. The second-order valence-corrected chi connectivity index (χ2v) is 8.05. The van der Waals surface area contributed by atoms with Crippen molar-refractivity contribution < 1.29 is 23.9 Å². The number of nitrogens with one attached hydrogen (secondary N) is 2. The van der Waals surface area contributed by atoms with Gasteiger partial charge in [-0.25, -0.2) is 4.79 Å². The van der Waals surface area contributed by atoms with Crippen molar-refractivity contribution in [3.63, 3.8) is 0 Å². The number of hydrogen-bond acceptors (Lipinski definition) is 6. The highest BCUT2D eigenvalue weighted by molar-refractivity contribution is 7.14. The maximum Gasteiger partial charge on any atom is 0.414 e. The van der Waals surface area contributed by atoms with Gasteiger partial charge in [0.2, 0.25) is 0 Å². The first-order chi connectivity index (χ1) is 15.0. The summed E-state index contributed by atoms with van der Waals surface area (Å²) in [7, 11) is 0. The zero-order valence-electron chi connectivity index (χ0n) is 17.3. The van der Waals surface area contributed by atoms with Crippen LogP contribution in [0.4, 0.5) is 9.80 Å². The third-order valence-electron chi connectivity index (χ3n) is 4.83. The first-order valence-corrected chi connectivity index (χ1v) is 11.1. The number of benzene rings is 1. The number of ether oxygens (including phenoxy) is 1. The average molecular weight is 444 g/mol. The van der Waals surface area contributed by atoms with Crippen molar-refractivity contribution in [2.24, 2.45) is 0 Å². The minimum absolute atomic E-state index is 0.0289. The molecule has 9 heteroatoms. The molecular weight excluding hydrogens is 418 g/mol. The second kappa shape index (κ2) is 10.7. The predicted molar refractivity (Wildman–Crippen MR) is 118 cm³/mol. The lowest BCUT2D eigenvalue weighted by molar-refractivity contribution is 0.0723. The fourth-order valence-corrected chi connectivity index (χ4v) is 3.97. The standard InChI is InChI=1S/C22H25N3O5S/c1-2-13-30-22(29)24-19(27)17-10-14-31-20(17)23-18(26)15-6-8-16(9-7-15)21(28)25-11-4-3-5-12-25/h6-10,14H,2-5,11-13H2,1H3,(H,23,26)(H,24,27,29). The van der Waals surface area contributed by atoms with Gasteiger partial charge >= 0.3 is 6.09 Å². The van der Waals surface area contributed by atoms with E-state index in [1.807, 2.05) is 11.8 Å². The number of imide groups is 1. The molecule has 8 nitrogen and oxygen atoms in total. The maximum absolute atomic E-state index is 12.6. The monoisotopic (exact) mass is 443 g/mol. The van der Waals surface area contributed by atoms with Crippen molar-refractivity contribution in [1.82, 2.24) is 10.2 Å². The van der Waals surface area contributed by atoms with Crippen LogP contribution < -0.4 is 10.6 Å². The fourth-order valence-electron chi connectivity index (χ4n) is 3.19. The van der Waals surface area contributed by atoms with Gasteiger partial charge in [0.15, 0.2) is 0 Å². The number of amides is 4. The highest BCUT2D eigenvalue weighted by atomic mass is 32.1. The third-order valence-corrected chi connectivity index (χ3v) is 5.66. The van der Waals surface area contributed by atoms with Gasteiger partial charge in [0, 0.05) is 24.2 Å². The smallest absolute Gasteiger partial charge is 0.414 e. The van der Waals surface area contributed by atoms with Crippen molar-refractivity contribution in [2.75, 3.05) is 25.0 Å². The molecule has 1 aliphatic heterocycles. The Kier molecular flexibility index (Phi) is 7.77. The van der Waals surface area contributed by atoms with Gasteiger partial charge in [-0.1, -0.05) is 6.92 Å². The fraction of sp³-hybridized carbons (Fsp3) is 0.364. The number of piperidine rings is 1. The Morgan fingerprint density at radius 2 is 1.65 bits per heavy atom. The molecule has 0 aliphatic carbocycles. The van der Waals surface area contributed by atoms with E-state index < -0.39 is 17.9 Å². The van der Waals surface area contributed by atoms with E-state index in [0.29, 0.717) is 22.5 Å². The molecule has 0 atom stereocenters. The van der Waals surface area contributed by atoms with Crippen LogP contribution in [0.1, 0.15) is 63.7 Å². The number of carbonyl (C=O) groups excluding carboxylic acids is 4. The molecule has 1 aromatic heterocycles. The van der Waals surface area contributed by atoms with Gasteiger partial charge in [0.25, 0.3) is 17.7 Å². The van der Waals surface area contributed by atoms with Crippen molar-refractivity contribution in [3.05, 3.63) is 52.4 Å². The lowest BCUT2D eigenvalue weighted by Gasteiger charge is -2.26. The zero-order valence-corrected chi connectivity index (χ0v) is 18.1. The number of carbonyl (C=O) groups is 4. The van der Waals surface area contributed by atoms with E-state index in [1.165, 1.54) is 17.4 Å². The molecule has 3 rings (SSSR count). The van der Waals surface area contributed by atoms with Gasteiger partial charge in [-0.2, -0.15) is 0 Å². The van der Waals surface area contributed by atoms with E-state index in [1.54, 1.807) is 29.6 Å². The summed E-state index contributed by atoms with van der Waals surface area (Å²) >= 11 is 1.17. The largest absolute Gasteiger partial charge is 0.449 e. The zero-order chi connectivity index (χ0) is 22.2. The number of alkyl carbamates (subject to hydrolysis) is 1. The lowest BCUT2D eigenvalue weighted by atomic mass is 10.1. The van der Waals surface area contributed by atoms with Gasteiger partial charge in [0.1, 0.15) is 5.00 Å². The first kappa shape index (κ1) is 22.5. The molecule has 31 heavy (non-hydrogen) atoms. The van der Waals surface area contributed by atoms with Crippen LogP contribution in [0.25, 0.3) is 0 Å². The molecule has 1 aliphatic rings. The van der Waals surface area contributed by atoms with Crippen molar-refractivity contribution in [2.45, 2.75) is 32.6 Å². The van der Waals surface area contributed by atoms with Crippen LogP contribution in [-0.4, -0.2) is 48.4 Å². The molecule has 1 aromatic carbocycles. The van der Waals surface area contributed by atoms with Crippen LogP contribution in [-0.2, 0) is 4.74 Å². The summed E-state index contributed by atoms with van der Waals surface area (Å²) in [4.78, 5) is 50.9. The predicted octanol–water partition coefficient (Wildman–Crippen LogP) is 3.90. The van der Waals surface area contributed by atoms with E-state index in [9.17, 15) is 19.2 Å². The van der Waals surface area contributed by atoms with Gasteiger partial charge in [-0.3, -0.25) is 19.7 Å². The molecule has 2 aromatic rings. The summed E-state index contributed by atoms with van der Waals surface area (Å²) in [6.45, 7) is 3.58. The maximum atomic E-state index is 12.6. The van der Waals surface area contributed by atoms with Gasteiger partial charge in [-0.05, 0) is 61.4 Å². The molecule has 4 amide bonds. The number of thiophene rings is 1. The number of nitrogens with zero attached hydrogens (tertiary/aromatic N) is 1. The quantitative estimate of drug-likeness (QED) is 0.704. The average Bonchev–Trinajstić information content (AvgIpc) is 3.26. The van der Waals surface area contributed by atoms with E-state index in [0.717, 1.165) is 32.4 Å². The van der Waals surface area contributed by atoms with E-state index in [4.69, 9.17) is 4.74 Å². The second-order valence-electron chi connectivity index (χ2n) is 7.14. The van der Waals surface area contributed by atoms with Crippen molar-refractivity contribution >= 4 is 40.2 Å². The molecule has 0 saturated carbocycles. The number of likely N-dealkylation sites (tertiary alicyclic amines) is 1. The lowest BCUT2D eigenvalue weighted by Crippen LogP contribution is -2.35. The molecule has 2 heterocycles. The molecule has 2 N–H and O–H groups in total. The molecule has 0 radical (unpaired) electrons. The molecule has 1 saturated heterocycles.